The lowest BCUT2D eigenvalue weighted by molar-refractivity contribution is 0.548. The van der Waals surface area contributed by atoms with Gasteiger partial charge in [-0.25, -0.2) is 8.78 Å². The number of fused-ring (bicyclic) bond motifs is 1. The standard InChI is InChI=1S/C17H14F2N2/c1-20-17(13-8-7-12(18)10-14(13)19)16-9-6-11-4-2-3-5-15(11)21-16/h2-10,17,20H,1H3. The molecule has 1 unspecified atom stereocenters. The first-order valence-electron chi connectivity index (χ1n) is 6.67. The van der Waals surface area contributed by atoms with Gasteiger partial charge >= 0.3 is 0 Å². The Morgan fingerprint density at radius 3 is 2.57 bits per heavy atom. The summed E-state index contributed by atoms with van der Waals surface area (Å²) in [6, 6.07) is 14.7. The first-order chi connectivity index (χ1) is 10.2. The molecule has 0 radical (unpaired) electrons. The number of nitrogens with zero attached hydrogens (tertiary/aromatic N) is 1. The Bertz CT molecular complexity index is 787. The third kappa shape index (κ3) is 2.62. The molecule has 3 aromatic rings. The Labute approximate surface area is 121 Å². The van der Waals surface area contributed by atoms with E-state index < -0.39 is 17.7 Å². The second-order valence-electron chi connectivity index (χ2n) is 4.82. The Hall–Kier alpha value is -2.33. The lowest BCUT2D eigenvalue weighted by Gasteiger charge is -2.17. The normalized spacial score (nSPS) is 12.5. The zero-order chi connectivity index (χ0) is 14.8. The topological polar surface area (TPSA) is 24.9 Å². The van der Waals surface area contributed by atoms with Crippen LogP contribution in [0.4, 0.5) is 8.78 Å². The third-order valence-corrected chi connectivity index (χ3v) is 3.48. The Balaban J connectivity index is 2.09. The summed E-state index contributed by atoms with van der Waals surface area (Å²) >= 11 is 0. The molecule has 1 atom stereocenters. The van der Waals surface area contributed by atoms with E-state index in [-0.39, 0.29) is 0 Å². The van der Waals surface area contributed by atoms with Crippen molar-refractivity contribution in [3.05, 3.63) is 77.5 Å². The minimum atomic E-state index is -0.586. The second kappa shape index (κ2) is 5.58. The molecule has 1 heterocycles. The minimum absolute atomic E-state index is 0.377. The van der Waals surface area contributed by atoms with Gasteiger partial charge in [0, 0.05) is 17.0 Å². The molecule has 0 saturated carbocycles. The summed E-state index contributed by atoms with van der Waals surface area (Å²) < 4.78 is 27.0. The van der Waals surface area contributed by atoms with Crippen molar-refractivity contribution >= 4 is 10.9 Å². The maximum atomic E-state index is 14.0. The number of pyridine rings is 1. The lowest BCUT2D eigenvalue weighted by atomic mass is 10.0. The maximum absolute atomic E-state index is 14.0. The van der Waals surface area contributed by atoms with Gasteiger partial charge in [0.15, 0.2) is 0 Å². The second-order valence-corrected chi connectivity index (χ2v) is 4.82. The van der Waals surface area contributed by atoms with Crippen molar-refractivity contribution < 1.29 is 8.78 Å². The van der Waals surface area contributed by atoms with Crippen molar-refractivity contribution in [2.75, 3.05) is 7.05 Å². The van der Waals surface area contributed by atoms with Crippen LogP contribution in [-0.2, 0) is 0 Å². The van der Waals surface area contributed by atoms with E-state index in [4.69, 9.17) is 0 Å². The number of hydrogen-bond donors (Lipinski definition) is 1. The summed E-state index contributed by atoms with van der Waals surface area (Å²) in [4.78, 5) is 4.56. The largest absolute Gasteiger partial charge is 0.308 e. The molecule has 1 N–H and O–H groups in total. The third-order valence-electron chi connectivity index (χ3n) is 3.48. The molecule has 3 rings (SSSR count). The fourth-order valence-electron chi connectivity index (χ4n) is 2.44. The maximum Gasteiger partial charge on any atom is 0.131 e. The fraction of sp³-hybridized carbons (Fsp3) is 0.118. The number of hydrogen-bond acceptors (Lipinski definition) is 2. The van der Waals surface area contributed by atoms with Gasteiger partial charge in [-0.3, -0.25) is 4.98 Å². The van der Waals surface area contributed by atoms with Crippen LogP contribution in [0.25, 0.3) is 10.9 Å². The van der Waals surface area contributed by atoms with Gasteiger partial charge in [0.2, 0.25) is 0 Å². The van der Waals surface area contributed by atoms with Crippen molar-refractivity contribution in [1.82, 2.24) is 10.3 Å². The highest BCUT2D eigenvalue weighted by atomic mass is 19.1. The van der Waals surface area contributed by atoms with Crippen molar-refractivity contribution in [2.45, 2.75) is 6.04 Å². The molecular formula is C17H14F2N2. The van der Waals surface area contributed by atoms with Crippen LogP contribution in [0.3, 0.4) is 0 Å². The monoisotopic (exact) mass is 284 g/mol. The highest BCUT2D eigenvalue weighted by Gasteiger charge is 2.18. The molecule has 4 heteroatoms. The average Bonchev–Trinajstić information content (AvgIpc) is 2.50. The Morgan fingerprint density at radius 2 is 1.81 bits per heavy atom. The van der Waals surface area contributed by atoms with Crippen molar-refractivity contribution in [2.24, 2.45) is 0 Å². The summed E-state index contributed by atoms with van der Waals surface area (Å²) in [5, 5.41) is 4.06. The van der Waals surface area contributed by atoms with Crippen LogP contribution in [-0.4, -0.2) is 12.0 Å². The summed E-state index contributed by atoms with van der Waals surface area (Å²) in [5.41, 5.74) is 1.92. The van der Waals surface area contributed by atoms with Crippen molar-refractivity contribution in [3.8, 4) is 0 Å². The van der Waals surface area contributed by atoms with Gasteiger partial charge < -0.3 is 5.32 Å². The molecule has 0 aliphatic carbocycles. The van der Waals surface area contributed by atoms with Gasteiger partial charge in [0.1, 0.15) is 11.6 Å². The van der Waals surface area contributed by atoms with Crippen LogP contribution < -0.4 is 5.32 Å². The van der Waals surface area contributed by atoms with Gasteiger partial charge in [-0.1, -0.05) is 30.3 Å². The fourth-order valence-corrected chi connectivity index (χ4v) is 2.44. The first-order valence-corrected chi connectivity index (χ1v) is 6.67. The van der Waals surface area contributed by atoms with E-state index in [2.05, 4.69) is 10.3 Å². The molecule has 106 valence electrons. The summed E-state index contributed by atoms with van der Waals surface area (Å²) in [6.07, 6.45) is 0. The molecule has 1 aromatic heterocycles. The van der Waals surface area contributed by atoms with E-state index in [0.29, 0.717) is 11.3 Å². The van der Waals surface area contributed by atoms with Crippen LogP contribution in [0.1, 0.15) is 17.3 Å². The highest BCUT2D eigenvalue weighted by molar-refractivity contribution is 5.78. The predicted molar refractivity (Wildman–Crippen MR) is 79.0 cm³/mol. The van der Waals surface area contributed by atoms with Crippen LogP contribution in [0.2, 0.25) is 0 Å². The number of nitrogens with one attached hydrogen (secondary N) is 1. The molecule has 0 spiro atoms. The van der Waals surface area contributed by atoms with Gasteiger partial charge in [-0.15, -0.1) is 0 Å². The van der Waals surface area contributed by atoms with E-state index in [1.54, 1.807) is 7.05 Å². The summed E-state index contributed by atoms with van der Waals surface area (Å²) in [5.74, 6) is -1.16. The molecule has 21 heavy (non-hydrogen) atoms. The predicted octanol–water partition coefficient (Wildman–Crippen LogP) is 3.82. The minimum Gasteiger partial charge on any atom is -0.308 e. The molecule has 0 aliphatic heterocycles. The van der Waals surface area contributed by atoms with Crippen molar-refractivity contribution in [3.63, 3.8) is 0 Å². The number of benzene rings is 2. The number of halogens is 2. The van der Waals surface area contributed by atoms with Gasteiger partial charge in [-0.05, 0) is 25.2 Å². The van der Waals surface area contributed by atoms with Gasteiger partial charge in [-0.2, -0.15) is 0 Å². The van der Waals surface area contributed by atoms with E-state index in [1.807, 2.05) is 36.4 Å². The van der Waals surface area contributed by atoms with E-state index in [1.165, 1.54) is 12.1 Å². The molecule has 0 amide bonds. The van der Waals surface area contributed by atoms with E-state index >= 15 is 0 Å². The SMILES string of the molecule is CNC(c1ccc2ccccc2n1)c1ccc(F)cc1F. The van der Waals surface area contributed by atoms with Crippen molar-refractivity contribution in [1.29, 1.82) is 0 Å². The Kier molecular flexibility index (Phi) is 3.62. The Morgan fingerprint density at radius 1 is 1.00 bits per heavy atom. The lowest BCUT2D eigenvalue weighted by Crippen LogP contribution is -2.20. The smallest absolute Gasteiger partial charge is 0.131 e. The molecule has 0 aliphatic rings. The molecule has 0 bridgehead atoms. The molecular weight excluding hydrogens is 270 g/mol. The van der Waals surface area contributed by atoms with Gasteiger partial charge in [0.25, 0.3) is 0 Å². The zero-order valence-electron chi connectivity index (χ0n) is 11.5. The van der Waals surface area contributed by atoms with Gasteiger partial charge in [0.05, 0.1) is 17.3 Å². The van der Waals surface area contributed by atoms with Crippen LogP contribution in [0.15, 0.2) is 54.6 Å². The van der Waals surface area contributed by atoms with E-state index in [9.17, 15) is 8.78 Å². The first kappa shape index (κ1) is 13.6. The van der Waals surface area contributed by atoms with Crippen LogP contribution in [0.5, 0.6) is 0 Å². The van der Waals surface area contributed by atoms with Crippen LogP contribution >= 0.6 is 0 Å². The molecule has 2 nitrogen and oxygen atoms in total. The summed E-state index contributed by atoms with van der Waals surface area (Å²) in [6.45, 7) is 0. The quantitative estimate of drug-likeness (QED) is 0.791. The zero-order valence-corrected chi connectivity index (χ0v) is 11.5. The molecule has 0 fully saturated rings. The number of para-hydroxylation sites is 1. The highest BCUT2D eigenvalue weighted by Crippen LogP contribution is 2.25. The number of rotatable bonds is 3. The average molecular weight is 284 g/mol. The molecule has 0 saturated heterocycles. The molecule has 2 aromatic carbocycles. The number of aromatic nitrogens is 1. The van der Waals surface area contributed by atoms with E-state index in [0.717, 1.165) is 17.0 Å². The summed E-state index contributed by atoms with van der Waals surface area (Å²) in [7, 11) is 1.73. The van der Waals surface area contributed by atoms with Crippen LogP contribution in [0, 0.1) is 11.6 Å².